The van der Waals surface area contributed by atoms with E-state index >= 15 is 0 Å². The summed E-state index contributed by atoms with van der Waals surface area (Å²) in [6.07, 6.45) is -0.482. The number of carbonyl (C=O) groups is 2. The van der Waals surface area contributed by atoms with Crippen molar-refractivity contribution >= 4 is 17.7 Å². The molecule has 0 radical (unpaired) electrons. The topological polar surface area (TPSA) is 87.4 Å². The third kappa shape index (κ3) is 4.10. The van der Waals surface area contributed by atoms with Crippen LogP contribution >= 0.6 is 0 Å². The van der Waals surface area contributed by atoms with E-state index in [1.54, 1.807) is 24.3 Å². The van der Waals surface area contributed by atoms with Gasteiger partial charge in [0.25, 0.3) is 0 Å². The molecule has 0 unspecified atom stereocenters. The second-order valence-corrected chi connectivity index (χ2v) is 3.48. The van der Waals surface area contributed by atoms with E-state index in [1.165, 1.54) is 0 Å². The number of nitriles is 1. The zero-order chi connectivity index (χ0) is 13.5. The van der Waals surface area contributed by atoms with Gasteiger partial charge in [-0.05, 0) is 24.3 Å². The van der Waals surface area contributed by atoms with Crippen LogP contribution in [0.25, 0.3) is 5.76 Å². The van der Waals surface area contributed by atoms with E-state index in [2.05, 4.69) is 6.58 Å². The van der Waals surface area contributed by atoms with Crippen LogP contribution in [0, 0.1) is 11.3 Å². The molecule has 0 heterocycles. The van der Waals surface area contributed by atoms with Crippen molar-refractivity contribution in [1.82, 2.24) is 0 Å². The predicted molar refractivity (Wildman–Crippen MR) is 63.2 cm³/mol. The lowest BCUT2D eigenvalue weighted by Gasteiger charge is -2.06. The number of carboxylic acids is 1. The maximum Gasteiger partial charge on any atom is 0.311 e. The number of benzene rings is 1. The molecule has 0 aliphatic rings. The van der Waals surface area contributed by atoms with Gasteiger partial charge in [-0.25, -0.2) is 0 Å². The molecule has 18 heavy (non-hydrogen) atoms. The van der Waals surface area contributed by atoms with E-state index in [1.807, 2.05) is 6.07 Å². The lowest BCUT2D eigenvalue weighted by atomic mass is 10.1. The molecule has 0 fully saturated rings. The second kappa shape index (κ2) is 6.21. The molecule has 0 aliphatic carbocycles. The molecule has 0 saturated carbocycles. The smallest absolute Gasteiger partial charge is 0.311 e. The molecule has 5 nitrogen and oxygen atoms in total. The number of ether oxygens (including phenoxy) is 1. The van der Waals surface area contributed by atoms with Crippen LogP contribution in [0.2, 0.25) is 0 Å². The molecule has 1 aromatic rings. The maximum absolute atomic E-state index is 11.3. The first-order valence-corrected chi connectivity index (χ1v) is 5.15. The van der Waals surface area contributed by atoms with Crippen LogP contribution < -0.4 is 0 Å². The molecule has 0 atom stereocenters. The van der Waals surface area contributed by atoms with Crippen LogP contribution in [0.15, 0.2) is 30.8 Å². The zero-order valence-electron chi connectivity index (χ0n) is 9.55. The molecule has 5 heteroatoms. The van der Waals surface area contributed by atoms with Crippen molar-refractivity contribution in [3.05, 3.63) is 42.0 Å². The Hall–Kier alpha value is -2.61. The largest absolute Gasteiger partial charge is 0.481 e. The summed E-state index contributed by atoms with van der Waals surface area (Å²) in [5.41, 5.74) is 1.06. The zero-order valence-corrected chi connectivity index (χ0v) is 9.55. The monoisotopic (exact) mass is 245 g/mol. The summed E-state index contributed by atoms with van der Waals surface area (Å²) in [7, 11) is 0. The highest BCUT2D eigenvalue weighted by molar-refractivity contribution is 5.81. The average Bonchev–Trinajstić information content (AvgIpc) is 2.36. The Bertz CT molecular complexity index is 511. The molecule has 1 rings (SSSR count). The molecule has 1 N–H and O–H groups in total. The van der Waals surface area contributed by atoms with E-state index in [9.17, 15) is 9.59 Å². The maximum atomic E-state index is 11.3. The predicted octanol–water partition coefficient (Wildman–Crippen LogP) is 1.94. The molecule has 0 aliphatic heterocycles. The van der Waals surface area contributed by atoms with Crippen LogP contribution in [-0.2, 0) is 14.3 Å². The fraction of sp³-hybridized carbons (Fsp3) is 0.154. The first-order valence-electron chi connectivity index (χ1n) is 5.15. The van der Waals surface area contributed by atoms with E-state index in [4.69, 9.17) is 15.1 Å². The minimum Gasteiger partial charge on any atom is -0.481 e. The van der Waals surface area contributed by atoms with Crippen LogP contribution in [0.4, 0.5) is 0 Å². The quantitative estimate of drug-likeness (QED) is 0.632. The van der Waals surface area contributed by atoms with Gasteiger partial charge in [0.1, 0.15) is 5.76 Å². The van der Waals surface area contributed by atoms with Gasteiger partial charge in [0.15, 0.2) is 0 Å². The van der Waals surface area contributed by atoms with Crippen molar-refractivity contribution in [3.8, 4) is 6.07 Å². The number of carbonyl (C=O) groups excluding carboxylic acids is 1. The number of aliphatic carboxylic acids is 1. The Morgan fingerprint density at radius 2 is 1.89 bits per heavy atom. The molecular formula is C13H11NO4. The lowest BCUT2D eigenvalue weighted by Crippen LogP contribution is -2.06. The number of rotatable bonds is 5. The molecule has 92 valence electrons. The normalized spacial score (nSPS) is 9.28. The first kappa shape index (κ1) is 13.5. The summed E-state index contributed by atoms with van der Waals surface area (Å²) in [6.45, 7) is 3.57. The summed E-state index contributed by atoms with van der Waals surface area (Å²) in [5.74, 6) is -1.57. The second-order valence-electron chi connectivity index (χ2n) is 3.48. The number of esters is 1. The first-order chi connectivity index (χ1) is 8.52. The van der Waals surface area contributed by atoms with Crippen molar-refractivity contribution in [2.75, 3.05) is 0 Å². The molecular weight excluding hydrogens is 234 g/mol. The number of carboxylic acid groups (broad SMARTS) is 1. The lowest BCUT2D eigenvalue weighted by molar-refractivity contribution is -0.143. The molecule has 1 aromatic carbocycles. The van der Waals surface area contributed by atoms with Gasteiger partial charge in [-0.3, -0.25) is 9.59 Å². The van der Waals surface area contributed by atoms with Gasteiger partial charge in [-0.15, -0.1) is 0 Å². The Balaban J connectivity index is 2.57. The highest BCUT2D eigenvalue weighted by atomic mass is 16.5. The van der Waals surface area contributed by atoms with E-state index in [-0.39, 0.29) is 18.6 Å². The molecule has 0 bridgehead atoms. The van der Waals surface area contributed by atoms with Gasteiger partial charge >= 0.3 is 11.9 Å². The summed E-state index contributed by atoms with van der Waals surface area (Å²) in [5, 5.41) is 17.0. The van der Waals surface area contributed by atoms with Crippen LogP contribution in [0.3, 0.4) is 0 Å². The van der Waals surface area contributed by atoms with E-state index in [0.29, 0.717) is 11.1 Å². The number of hydrogen-bond acceptors (Lipinski definition) is 4. The van der Waals surface area contributed by atoms with Crippen molar-refractivity contribution in [1.29, 1.82) is 5.26 Å². The van der Waals surface area contributed by atoms with E-state index in [0.717, 1.165) is 0 Å². The minimum atomic E-state index is -1.06. The van der Waals surface area contributed by atoms with Gasteiger partial charge in [-0.1, -0.05) is 6.58 Å². The Morgan fingerprint density at radius 1 is 1.28 bits per heavy atom. The molecule has 0 saturated heterocycles. The van der Waals surface area contributed by atoms with Crippen molar-refractivity contribution < 1.29 is 19.4 Å². The highest BCUT2D eigenvalue weighted by Gasteiger charge is 2.09. The number of hydrogen-bond donors (Lipinski definition) is 1. The van der Waals surface area contributed by atoms with Crippen molar-refractivity contribution in [2.24, 2.45) is 0 Å². The SMILES string of the molecule is C=C(OC(=O)CCC(=O)O)c1ccc(C#N)cc1. The Morgan fingerprint density at radius 3 is 2.39 bits per heavy atom. The standard InChI is InChI=1S/C13H11NO4/c1-9(18-13(17)7-6-12(15)16)11-4-2-10(8-14)3-5-11/h2-5H,1,6-7H2,(H,15,16). The van der Waals surface area contributed by atoms with Crippen LogP contribution in [0.5, 0.6) is 0 Å². The molecule has 0 amide bonds. The highest BCUT2D eigenvalue weighted by Crippen LogP contribution is 2.15. The summed E-state index contributed by atoms with van der Waals surface area (Å²) in [6, 6.07) is 8.32. The summed E-state index contributed by atoms with van der Waals surface area (Å²) < 4.78 is 4.88. The Labute approximate surface area is 104 Å². The van der Waals surface area contributed by atoms with Gasteiger partial charge in [0.05, 0.1) is 24.5 Å². The van der Waals surface area contributed by atoms with E-state index < -0.39 is 11.9 Å². The van der Waals surface area contributed by atoms with Crippen molar-refractivity contribution in [2.45, 2.75) is 12.8 Å². The third-order valence-corrected chi connectivity index (χ3v) is 2.12. The van der Waals surface area contributed by atoms with Gasteiger partial charge in [-0.2, -0.15) is 5.26 Å². The fourth-order valence-electron chi connectivity index (χ4n) is 1.19. The van der Waals surface area contributed by atoms with Crippen LogP contribution in [0.1, 0.15) is 24.0 Å². The number of nitrogens with zero attached hydrogens (tertiary/aromatic N) is 1. The Kier molecular flexibility index (Phi) is 4.64. The molecule has 0 spiro atoms. The molecule has 0 aromatic heterocycles. The summed E-state index contributed by atoms with van der Waals surface area (Å²) >= 11 is 0. The van der Waals surface area contributed by atoms with Gasteiger partial charge in [0, 0.05) is 5.56 Å². The van der Waals surface area contributed by atoms with Crippen molar-refractivity contribution in [3.63, 3.8) is 0 Å². The van der Waals surface area contributed by atoms with Gasteiger partial charge in [0.2, 0.25) is 0 Å². The summed E-state index contributed by atoms with van der Waals surface area (Å²) in [4.78, 5) is 21.5. The van der Waals surface area contributed by atoms with Gasteiger partial charge < -0.3 is 9.84 Å². The third-order valence-electron chi connectivity index (χ3n) is 2.12. The fourth-order valence-corrected chi connectivity index (χ4v) is 1.19. The minimum absolute atomic E-state index is 0.134. The average molecular weight is 245 g/mol. The van der Waals surface area contributed by atoms with Crippen LogP contribution in [-0.4, -0.2) is 17.0 Å².